The van der Waals surface area contributed by atoms with E-state index in [0.29, 0.717) is 18.6 Å². The molecule has 1 aromatic rings. The van der Waals surface area contributed by atoms with E-state index in [1.807, 2.05) is 19.1 Å². The third kappa shape index (κ3) is 2.37. The Balaban J connectivity index is 2.16. The van der Waals surface area contributed by atoms with Gasteiger partial charge in [-0.15, -0.1) is 0 Å². The minimum absolute atomic E-state index is 0.361. The fourth-order valence-electron chi connectivity index (χ4n) is 1.69. The zero-order valence-corrected chi connectivity index (χ0v) is 10.2. The Hall–Kier alpha value is -0.900. The van der Waals surface area contributed by atoms with Crippen LogP contribution in [0.15, 0.2) is 16.6 Å². The molecule has 1 fully saturated rings. The van der Waals surface area contributed by atoms with Gasteiger partial charge in [0.2, 0.25) is 0 Å². The van der Waals surface area contributed by atoms with E-state index in [1.54, 1.807) is 0 Å². The van der Waals surface area contributed by atoms with E-state index in [0.717, 1.165) is 29.1 Å². The smallest absolute Gasteiger partial charge is 0.136 e. The van der Waals surface area contributed by atoms with E-state index in [-0.39, 0.29) is 0 Å². The zero-order chi connectivity index (χ0) is 10.8. The lowest BCUT2D eigenvalue weighted by molar-refractivity contribution is -0.119. The van der Waals surface area contributed by atoms with E-state index in [4.69, 9.17) is 0 Å². The first-order valence-corrected chi connectivity index (χ1v) is 5.86. The number of nitrogens with zero attached hydrogens (tertiary/aromatic N) is 2. The number of ketones is 1. The molecule has 0 unspecified atom stereocenters. The minimum Gasteiger partial charge on any atom is -0.356 e. The van der Waals surface area contributed by atoms with E-state index in [1.165, 1.54) is 0 Å². The number of pyridine rings is 1. The van der Waals surface area contributed by atoms with Crippen LogP contribution in [0.4, 0.5) is 5.82 Å². The number of aromatic nitrogens is 1. The van der Waals surface area contributed by atoms with Gasteiger partial charge in [0, 0.05) is 30.4 Å². The first kappa shape index (κ1) is 10.6. The number of carbonyl (C=O) groups is 1. The summed E-state index contributed by atoms with van der Waals surface area (Å²) >= 11 is 3.43. The Bertz CT molecular complexity index is 382. The molecule has 2 rings (SSSR count). The Morgan fingerprint density at radius 1 is 1.33 bits per heavy atom. The molecule has 0 atom stereocenters. The predicted octanol–water partition coefficient (Wildman–Crippen LogP) is 2.32. The number of aryl methyl sites for hydroxylation is 1. The van der Waals surface area contributed by atoms with Gasteiger partial charge in [-0.3, -0.25) is 4.79 Å². The van der Waals surface area contributed by atoms with Crippen LogP contribution in [-0.2, 0) is 4.79 Å². The van der Waals surface area contributed by atoms with Gasteiger partial charge >= 0.3 is 0 Å². The lowest BCUT2D eigenvalue weighted by Crippen LogP contribution is -2.34. The Morgan fingerprint density at radius 2 is 2.00 bits per heavy atom. The summed E-state index contributed by atoms with van der Waals surface area (Å²) in [6, 6.07) is 4.00. The molecule has 0 N–H and O–H groups in total. The van der Waals surface area contributed by atoms with Crippen molar-refractivity contribution in [3.05, 3.63) is 22.3 Å². The lowest BCUT2D eigenvalue weighted by atomic mass is 10.1. The van der Waals surface area contributed by atoms with Gasteiger partial charge in [-0.25, -0.2) is 4.98 Å². The van der Waals surface area contributed by atoms with E-state index < -0.39 is 0 Å². The van der Waals surface area contributed by atoms with E-state index in [2.05, 4.69) is 25.8 Å². The number of piperidine rings is 1. The fourth-order valence-corrected chi connectivity index (χ4v) is 1.91. The Kier molecular flexibility index (Phi) is 3.05. The Morgan fingerprint density at radius 3 is 2.60 bits per heavy atom. The second-order valence-corrected chi connectivity index (χ2v) is 4.62. The number of rotatable bonds is 1. The molecule has 0 saturated carbocycles. The van der Waals surface area contributed by atoms with Crippen LogP contribution in [0.2, 0.25) is 0 Å². The van der Waals surface area contributed by atoms with Gasteiger partial charge in [0.25, 0.3) is 0 Å². The number of Topliss-reactive ketones (excluding diaryl/α,β-unsaturated/α-hetero) is 1. The van der Waals surface area contributed by atoms with Crippen molar-refractivity contribution in [3.63, 3.8) is 0 Å². The molecule has 0 amide bonds. The normalized spacial score (nSPS) is 16.9. The summed E-state index contributed by atoms with van der Waals surface area (Å²) in [5.41, 5.74) is 0.990. The molecule has 1 aliphatic rings. The lowest BCUT2D eigenvalue weighted by Gasteiger charge is -2.27. The molecular formula is C11H13BrN2O. The standard InChI is InChI=1S/C11H13BrN2O/c1-8-10(12)2-3-11(13-8)14-6-4-9(15)5-7-14/h2-3H,4-7H2,1H3. The third-order valence-corrected chi connectivity index (χ3v) is 3.49. The molecule has 0 spiro atoms. The summed E-state index contributed by atoms with van der Waals surface area (Å²) in [5.74, 6) is 1.34. The van der Waals surface area contributed by atoms with Crippen molar-refractivity contribution in [2.75, 3.05) is 18.0 Å². The number of anilines is 1. The van der Waals surface area contributed by atoms with Crippen LogP contribution in [0.5, 0.6) is 0 Å². The molecular weight excluding hydrogens is 256 g/mol. The van der Waals surface area contributed by atoms with Crippen molar-refractivity contribution in [2.45, 2.75) is 19.8 Å². The maximum Gasteiger partial charge on any atom is 0.136 e. The second-order valence-electron chi connectivity index (χ2n) is 3.76. The maximum absolute atomic E-state index is 11.1. The minimum atomic E-state index is 0.361. The SMILES string of the molecule is Cc1nc(N2CCC(=O)CC2)ccc1Br. The van der Waals surface area contributed by atoms with Crippen molar-refractivity contribution < 1.29 is 4.79 Å². The molecule has 15 heavy (non-hydrogen) atoms. The van der Waals surface area contributed by atoms with Crippen molar-refractivity contribution in [1.29, 1.82) is 0 Å². The molecule has 0 radical (unpaired) electrons. The molecule has 4 heteroatoms. The van der Waals surface area contributed by atoms with Gasteiger partial charge in [-0.1, -0.05) is 0 Å². The maximum atomic E-state index is 11.1. The predicted molar refractivity (Wildman–Crippen MR) is 63.1 cm³/mol. The first-order valence-electron chi connectivity index (χ1n) is 5.06. The highest BCUT2D eigenvalue weighted by Crippen LogP contribution is 2.21. The monoisotopic (exact) mass is 268 g/mol. The summed E-state index contributed by atoms with van der Waals surface area (Å²) in [6.45, 7) is 3.57. The van der Waals surface area contributed by atoms with Crippen LogP contribution in [0.25, 0.3) is 0 Å². The van der Waals surface area contributed by atoms with Crippen LogP contribution >= 0.6 is 15.9 Å². The average molecular weight is 269 g/mol. The topological polar surface area (TPSA) is 33.2 Å². The van der Waals surface area contributed by atoms with Crippen molar-refractivity contribution in [1.82, 2.24) is 4.98 Å². The summed E-state index contributed by atoms with van der Waals surface area (Å²) in [4.78, 5) is 17.8. The highest BCUT2D eigenvalue weighted by atomic mass is 79.9. The molecule has 1 aliphatic heterocycles. The van der Waals surface area contributed by atoms with Crippen LogP contribution < -0.4 is 4.90 Å². The van der Waals surface area contributed by atoms with Crippen LogP contribution in [-0.4, -0.2) is 23.9 Å². The van der Waals surface area contributed by atoms with Gasteiger partial charge < -0.3 is 4.90 Å². The zero-order valence-electron chi connectivity index (χ0n) is 8.66. The van der Waals surface area contributed by atoms with Gasteiger partial charge in [-0.2, -0.15) is 0 Å². The summed E-state index contributed by atoms with van der Waals surface area (Å²) < 4.78 is 1.03. The molecule has 0 aromatic carbocycles. The largest absolute Gasteiger partial charge is 0.356 e. The fraction of sp³-hybridized carbons (Fsp3) is 0.455. The highest BCUT2D eigenvalue weighted by molar-refractivity contribution is 9.10. The first-order chi connectivity index (χ1) is 7.16. The summed E-state index contributed by atoms with van der Waals surface area (Å²) in [6.07, 6.45) is 1.30. The van der Waals surface area contributed by atoms with Gasteiger partial charge in [0.1, 0.15) is 11.6 Å². The third-order valence-electron chi connectivity index (χ3n) is 2.65. The summed E-state index contributed by atoms with van der Waals surface area (Å²) in [5, 5.41) is 0. The average Bonchev–Trinajstić information content (AvgIpc) is 2.23. The second kappa shape index (κ2) is 4.31. The van der Waals surface area contributed by atoms with E-state index in [9.17, 15) is 4.79 Å². The Labute approximate surface area is 97.6 Å². The van der Waals surface area contributed by atoms with Gasteiger partial charge in [-0.05, 0) is 35.0 Å². The van der Waals surface area contributed by atoms with Crippen LogP contribution in [0.3, 0.4) is 0 Å². The molecule has 0 aliphatic carbocycles. The quantitative estimate of drug-likeness (QED) is 0.784. The van der Waals surface area contributed by atoms with Crippen molar-refractivity contribution in [3.8, 4) is 0 Å². The van der Waals surface area contributed by atoms with Crippen molar-refractivity contribution >= 4 is 27.5 Å². The number of hydrogen-bond acceptors (Lipinski definition) is 3. The molecule has 80 valence electrons. The number of halogens is 1. The number of carbonyl (C=O) groups excluding carboxylic acids is 1. The van der Waals surface area contributed by atoms with Gasteiger partial charge in [0.05, 0.1) is 5.69 Å². The summed E-state index contributed by atoms with van der Waals surface area (Å²) in [7, 11) is 0. The van der Waals surface area contributed by atoms with Crippen LogP contribution in [0, 0.1) is 6.92 Å². The molecule has 3 nitrogen and oxygen atoms in total. The molecule has 1 aromatic heterocycles. The van der Waals surface area contributed by atoms with Crippen molar-refractivity contribution in [2.24, 2.45) is 0 Å². The highest BCUT2D eigenvalue weighted by Gasteiger charge is 2.17. The molecule has 0 bridgehead atoms. The van der Waals surface area contributed by atoms with Crippen LogP contribution in [0.1, 0.15) is 18.5 Å². The number of hydrogen-bond donors (Lipinski definition) is 0. The van der Waals surface area contributed by atoms with E-state index >= 15 is 0 Å². The molecule has 2 heterocycles. The van der Waals surface area contributed by atoms with Gasteiger partial charge in [0.15, 0.2) is 0 Å². The molecule has 1 saturated heterocycles.